The SMILES string of the molecule is COc1ccc(OCCC(=O)OCC(=O)N[C@@H]2CCC[C@H](C)[C@H]2C)cc1. The van der Waals surface area contributed by atoms with Gasteiger partial charge in [-0.2, -0.15) is 0 Å². The quantitative estimate of drug-likeness (QED) is 0.719. The van der Waals surface area contributed by atoms with E-state index in [1.165, 1.54) is 6.42 Å². The highest BCUT2D eigenvalue weighted by molar-refractivity contribution is 5.80. The molecule has 3 atom stereocenters. The first-order valence-electron chi connectivity index (χ1n) is 9.21. The molecule has 0 spiro atoms. The van der Waals surface area contributed by atoms with Crippen molar-refractivity contribution < 1.29 is 23.8 Å². The van der Waals surface area contributed by atoms with Crippen molar-refractivity contribution in [2.24, 2.45) is 11.8 Å². The molecule has 1 N–H and O–H groups in total. The van der Waals surface area contributed by atoms with Gasteiger partial charge in [-0.25, -0.2) is 0 Å². The summed E-state index contributed by atoms with van der Waals surface area (Å²) in [5, 5.41) is 2.99. The largest absolute Gasteiger partial charge is 0.497 e. The Balaban J connectivity index is 1.62. The van der Waals surface area contributed by atoms with Crippen molar-refractivity contribution in [1.29, 1.82) is 0 Å². The summed E-state index contributed by atoms with van der Waals surface area (Å²) in [5.74, 6) is 1.76. The average Bonchev–Trinajstić information content (AvgIpc) is 2.64. The van der Waals surface area contributed by atoms with Crippen LogP contribution in [0.5, 0.6) is 11.5 Å². The number of amides is 1. The van der Waals surface area contributed by atoms with Crippen molar-refractivity contribution in [1.82, 2.24) is 5.32 Å². The van der Waals surface area contributed by atoms with Crippen LogP contribution in [0.2, 0.25) is 0 Å². The average molecular weight is 363 g/mol. The number of carbonyl (C=O) groups excluding carboxylic acids is 2. The molecule has 1 aromatic carbocycles. The predicted molar refractivity (Wildman–Crippen MR) is 98.2 cm³/mol. The number of methoxy groups -OCH3 is 1. The molecule has 0 saturated heterocycles. The first-order valence-corrected chi connectivity index (χ1v) is 9.21. The van der Waals surface area contributed by atoms with Crippen molar-refractivity contribution in [3.63, 3.8) is 0 Å². The first kappa shape index (κ1) is 20.1. The van der Waals surface area contributed by atoms with Crippen molar-refractivity contribution in [2.45, 2.75) is 45.6 Å². The van der Waals surface area contributed by atoms with Crippen molar-refractivity contribution in [3.05, 3.63) is 24.3 Å². The molecule has 1 fully saturated rings. The van der Waals surface area contributed by atoms with Crippen LogP contribution < -0.4 is 14.8 Å². The van der Waals surface area contributed by atoms with Gasteiger partial charge in [0.15, 0.2) is 6.61 Å². The molecule has 1 amide bonds. The molecular formula is C20H29NO5. The Kier molecular flexibility index (Phi) is 7.75. The molecule has 6 nitrogen and oxygen atoms in total. The van der Waals surface area contributed by atoms with Crippen LogP contribution in [0.15, 0.2) is 24.3 Å². The Labute approximate surface area is 155 Å². The fourth-order valence-electron chi connectivity index (χ4n) is 3.18. The number of ether oxygens (including phenoxy) is 3. The summed E-state index contributed by atoms with van der Waals surface area (Å²) in [6.07, 6.45) is 3.41. The zero-order chi connectivity index (χ0) is 18.9. The van der Waals surface area contributed by atoms with E-state index < -0.39 is 5.97 Å². The topological polar surface area (TPSA) is 73.9 Å². The van der Waals surface area contributed by atoms with E-state index in [2.05, 4.69) is 19.2 Å². The van der Waals surface area contributed by atoms with E-state index in [-0.39, 0.29) is 31.6 Å². The minimum Gasteiger partial charge on any atom is -0.497 e. The maximum absolute atomic E-state index is 12.0. The van der Waals surface area contributed by atoms with Gasteiger partial charge < -0.3 is 19.5 Å². The third-order valence-electron chi connectivity index (χ3n) is 5.05. The number of rotatable bonds is 8. The van der Waals surface area contributed by atoms with E-state index in [1.807, 2.05) is 0 Å². The lowest BCUT2D eigenvalue weighted by Crippen LogP contribution is -2.45. The van der Waals surface area contributed by atoms with Gasteiger partial charge in [0.25, 0.3) is 5.91 Å². The van der Waals surface area contributed by atoms with Crippen LogP contribution in [0.25, 0.3) is 0 Å². The third kappa shape index (κ3) is 6.24. The summed E-state index contributed by atoms with van der Waals surface area (Å²) in [5.41, 5.74) is 0. The number of benzene rings is 1. The van der Waals surface area contributed by atoms with E-state index in [1.54, 1.807) is 31.4 Å². The van der Waals surface area contributed by atoms with Crippen molar-refractivity contribution in [2.75, 3.05) is 20.3 Å². The number of esters is 1. The zero-order valence-corrected chi connectivity index (χ0v) is 15.8. The third-order valence-corrected chi connectivity index (χ3v) is 5.05. The van der Waals surface area contributed by atoms with Crippen LogP contribution in [0, 0.1) is 11.8 Å². The van der Waals surface area contributed by atoms with Crippen LogP contribution in [-0.4, -0.2) is 38.2 Å². The molecule has 26 heavy (non-hydrogen) atoms. The second-order valence-electron chi connectivity index (χ2n) is 6.88. The van der Waals surface area contributed by atoms with Gasteiger partial charge in [0.05, 0.1) is 20.1 Å². The normalized spacial score (nSPS) is 22.3. The van der Waals surface area contributed by atoms with Gasteiger partial charge in [0.1, 0.15) is 11.5 Å². The summed E-state index contributed by atoms with van der Waals surface area (Å²) < 4.78 is 15.6. The van der Waals surface area contributed by atoms with Gasteiger partial charge in [-0.1, -0.05) is 26.7 Å². The predicted octanol–water partition coefficient (Wildman–Crippen LogP) is 2.95. The lowest BCUT2D eigenvalue weighted by Gasteiger charge is -2.34. The summed E-state index contributed by atoms with van der Waals surface area (Å²) in [4.78, 5) is 23.7. The Morgan fingerprint density at radius 3 is 2.50 bits per heavy atom. The van der Waals surface area contributed by atoms with Gasteiger partial charge >= 0.3 is 5.97 Å². The van der Waals surface area contributed by atoms with Crippen LogP contribution in [0.1, 0.15) is 39.5 Å². The van der Waals surface area contributed by atoms with E-state index in [4.69, 9.17) is 14.2 Å². The molecule has 6 heteroatoms. The highest BCUT2D eigenvalue weighted by Crippen LogP contribution is 2.29. The van der Waals surface area contributed by atoms with E-state index >= 15 is 0 Å². The summed E-state index contributed by atoms with van der Waals surface area (Å²) >= 11 is 0. The Morgan fingerprint density at radius 2 is 1.81 bits per heavy atom. The molecule has 0 heterocycles. The maximum Gasteiger partial charge on any atom is 0.309 e. The standard InChI is InChI=1S/C20H29NO5/c1-14-5-4-6-18(15(14)2)21-19(22)13-26-20(23)11-12-25-17-9-7-16(24-3)8-10-17/h7-10,14-15,18H,4-6,11-13H2,1-3H3,(H,21,22)/t14-,15+,18+/m0/s1. The molecule has 0 aromatic heterocycles. The summed E-state index contributed by atoms with van der Waals surface area (Å²) in [6, 6.07) is 7.27. The highest BCUT2D eigenvalue weighted by atomic mass is 16.5. The molecule has 0 bridgehead atoms. The zero-order valence-electron chi connectivity index (χ0n) is 15.8. The fourth-order valence-corrected chi connectivity index (χ4v) is 3.18. The molecule has 0 aliphatic heterocycles. The van der Waals surface area contributed by atoms with E-state index in [0.717, 1.165) is 18.6 Å². The molecule has 2 rings (SSSR count). The fraction of sp³-hybridized carbons (Fsp3) is 0.600. The van der Waals surface area contributed by atoms with Crippen LogP contribution in [0.4, 0.5) is 0 Å². The lowest BCUT2D eigenvalue weighted by molar-refractivity contribution is -0.149. The number of carbonyl (C=O) groups is 2. The minimum atomic E-state index is -0.446. The maximum atomic E-state index is 12.0. The van der Waals surface area contributed by atoms with Crippen LogP contribution in [-0.2, 0) is 14.3 Å². The minimum absolute atomic E-state index is 0.0934. The monoisotopic (exact) mass is 363 g/mol. The molecular weight excluding hydrogens is 334 g/mol. The second kappa shape index (κ2) is 10.0. The molecule has 1 aliphatic carbocycles. The number of hydrogen-bond acceptors (Lipinski definition) is 5. The number of nitrogens with one attached hydrogen (secondary N) is 1. The molecule has 1 aliphatic rings. The first-order chi connectivity index (χ1) is 12.5. The van der Waals surface area contributed by atoms with Gasteiger partial charge in [-0.05, 0) is 42.5 Å². The van der Waals surface area contributed by atoms with E-state index in [9.17, 15) is 9.59 Å². The number of hydrogen-bond donors (Lipinski definition) is 1. The van der Waals surface area contributed by atoms with E-state index in [0.29, 0.717) is 17.6 Å². The van der Waals surface area contributed by atoms with Crippen molar-refractivity contribution in [3.8, 4) is 11.5 Å². The Morgan fingerprint density at radius 1 is 1.12 bits per heavy atom. The summed E-state index contributed by atoms with van der Waals surface area (Å²) in [7, 11) is 1.59. The molecule has 0 unspecified atom stereocenters. The van der Waals surface area contributed by atoms with Gasteiger partial charge in [0, 0.05) is 6.04 Å². The smallest absolute Gasteiger partial charge is 0.309 e. The van der Waals surface area contributed by atoms with Gasteiger partial charge in [0.2, 0.25) is 0 Å². The van der Waals surface area contributed by atoms with Crippen LogP contribution in [0.3, 0.4) is 0 Å². The summed E-state index contributed by atoms with van der Waals surface area (Å²) in [6.45, 7) is 4.34. The Bertz CT molecular complexity index is 586. The molecule has 0 radical (unpaired) electrons. The second-order valence-corrected chi connectivity index (χ2v) is 6.88. The lowest BCUT2D eigenvalue weighted by atomic mass is 9.78. The molecule has 1 aromatic rings. The van der Waals surface area contributed by atoms with Crippen LogP contribution >= 0.6 is 0 Å². The Hall–Kier alpha value is -2.24. The van der Waals surface area contributed by atoms with Gasteiger partial charge in [-0.15, -0.1) is 0 Å². The highest BCUT2D eigenvalue weighted by Gasteiger charge is 2.28. The van der Waals surface area contributed by atoms with Gasteiger partial charge in [-0.3, -0.25) is 9.59 Å². The molecule has 144 valence electrons. The van der Waals surface area contributed by atoms with Crippen molar-refractivity contribution >= 4 is 11.9 Å². The molecule has 1 saturated carbocycles.